The summed E-state index contributed by atoms with van der Waals surface area (Å²) in [5, 5.41) is 16.1. The quantitative estimate of drug-likeness (QED) is 0.760. The fourth-order valence-electron chi connectivity index (χ4n) is 1.67. The van der Waals surface area contributed by atoms with Crippen LogP contribution in [0.3, 0.4) is 0 Å². The molecule has 0 atom stereocenters. The highest BCUT2D eigenvalue weighted by Gasteiger charge is 2.09. The molecule has 0 unspecified atom stereocenters. The molecule has 0 amide bonds. The number of aromatic nitrogens is 3. The number of rotatable bonds is 4. The van der Waals surface area contributed by atoms with Crippen LogP contribution < -0.4 is 5.32 Å². The molecular weight excluding hydrogens is 264 g/mol. The van der Waals surface area contributed by atoms with Crippen LogP contribution in [-0.2, 0) is 4.79 Å². The van der Waals surface area contributed by atoms with Crippen molar-refractivity contribution in [2.45, 2.75) is 0 Å². The second-order valence-electron chi connectivity index (χ2n) is 3.87. The van der Waals surface area contributed by atoms with Gasteiger partial charge in [0.1, 0.15) is 6.54 Å². The fraction of sp³-hybridized carbons (Fsp3) is 0.0833. The van der Waals surface area contributed by atoms with E-state index in [4.69, 9.17) is 5.11 Å². The van der Waals surface area contributed by atoms with E-state index in [1.165, 1.54) is 11.3 Å². The van der Waals surface area contributed by atoms with Crippen molar-refractivity contribution in [2.75, 3.05) is 11.9 Å². The predicted octanol–water partition coefficient (Wildman–Crippen LogP) is 1.95. The molecule has 0 fully saturated rings. The highest BCUT2D eigenvalue weighted by atomic mass is 32.1. The molecule has 3 rings (SSSR count). The number of hydrogen-bond acceptors (Lipinski definition) is 5. The molecule has 0 bridgehead atoms. The summed E-state index contributed by atoms with van der Waals surface area (Å²) >= 11 is 1.32. The van der Waals surface area contributed by atoms with Crippen molar-refractivity contribution in [1.82, 2.24) is 14.6 Å². The summed E-state index contributed by atoms with van der Waals surface area (Å²) in [5.74, 6) is -0.919. The normalized spacial score (nSPS) is 10.7. The maximum absolute atomic E-state index is 10.5. The summed E-state index contributed by atoms with van der Waals surface area (Å²) in [6, 6.07) is 9.83. The Balaban J connectivity index is 1.87. The van der Waals surface area contributed by atoms with Gasteiger partial charge in [-0.2, -0.15) is 0 Å². The minimum atomic E-state index is -0.919. The highest BCUT2D eigenvalue weighted by molar-refractivity contribution is 7.20. The Morgan fingerprint density at radius 3 is 2.84 bits per heavy atom. The summed E-state index contributed by atoms with van der Waals surface area (Å²) in [5.41, 5.74) is 1.88. The lowest BCUT2D eigenvalue weighted by molar-refractivity contribution is -0.134. The van der Waals surface area contributed by atoms with Gasteiger partial charge in [-0.05, 0) is 0 Å². The largest absolute Gasteiger partial charge is 0.480 e. The average Bonchev–Trinajstić information content (AvgIpc) is 2.95. The van der Waals surface area contributed by atoms with Gasteiger partial charge < -0.3 is 10.4 Å². The minimum Gasteiger partial charge on any atom is -0.480 e. The molecule has 1 aromatic carbocycles. The van der Waals surface area contributed by atoms with Crippen molar-refractivity contribution >= 4 is 27.4 Å². The molecule has 3 aromatic rings. The van der Waals surface area contributed by atoms with Crippen LogP contribution in [0.5, 0.6) is 0 Å². The molecule has 2 aromatic heterocycles. The van der Waals surface area contributed by atoms with Crippen molar-refractivity contribution in [1.29, 1.82) is 0 Å². The zero-order chi connectivity index (χ0) is 13.2. The van der Waals surface area contributed by atoms with Gasteiger partial charge in [-0.3, -0.25) is 4.79 Å². The number of nitrogens with one attached hydrogen (secondary N) is 1. The average molecular weight is 274 g/mol. The van der Waals surface area contributed by atoms with Crippen molar-refractivity contribution in [3.63, 3.8) is 0 Å². The van der Waals surface area contributed by atoms with Gasteiger partial charge in [0.2, 0.25) is 10.1 Å². The summed E-state index contributed by atoms with van der Waals surface area (Å²) in [7, 11) is 0. The standard InChI is InChI=1S/C12H10N4O2S/c17-10(18)6-13-11-15-16-7-9(14-12(16)19-11)8-4-2-1-3-5-8/h1-5,7H,6H2,(H,13,15)(H,17,18). The van der Waals surface area contributed by atoms with Gasteiger partial charge in [0, 0.05) is 5.56 Å². The first kappa shape index (κ1) is 11.7. The number of anilines is 1. The van der Waals surface area contributed by atoms with Gasteiger partial charge in [0.25, 0.3) is 0 Å². The SMILES string of the molecule is O=C(O)CNc1nn2cc(-c3ccccc3)nc2s1. The van der Waals surface area contributed by atoms with Crippen LogP contribution in [0.2, 0.25) is 0 Å². The predicted molar refractivity (Wildman–Crippen MR) is 72.4 cm³/mol. The maximum Gasteiger partial charge on any atom is 0.322 e. The van der Waals surface area contributed by atoms with Crippen LogP contribution in [-0.4, -0.2) is 32.2 Å². The molecule has 0 aliphatic heterocycles. The Hall–Kier alpha value is -2.41. The number of imidazole rings is 1. The van der Waals surface area contributed by atoms with E-state index in [1.807, 2.05) is 36.5 Å². The van der Waals surface area contributed by atoms with Crippen molar-refractivity contribution in [2.24, 2.45) is 0 Å². The first-order valence-electron chi connectivity index (χ1n) is 5.60. The molecular formula is C12H10N4O2S. The third kappa shape index (κ3) is 2.41. The summed E-state index contributed by atoms with van der Waals surface area (Å²) in [6.07, 6.45) is 1.83. The van der Waals surface area contributed by atoms with Crippen LogP contribution in [0, 0.1) is 0 Å². The second kappa shape index (κ2) is 4.69. The molecule has 0 aliphatic rings. The lowest BCUT2D eigenvalue weighted by Crippen LogP contribution is -2.12. The molecule has 6 nitrogen and oxygen atoms in total. The lowest BCUT2D eigenvalue weighted by Gasteiger charge is -1.95. The molecule has 7 heteroatoms. The third-order valence-corrected chi connectivity index (χ3v) is 3.38. The Labute approximate surface area is 112 Å². The Kier molecular flexibility index (Phi) is 2.88. The van der Waals surface area contributed by atoms with Crippen LogP contribution >= 0.6 is 11.3 Å². The van der Waals surface area contributed by atoms with Gasteiger partial charge in [-0.25, -0.2) is 9.50 Å². The fourth-order valence-corrected chi connectivity index (χ4v) is 2.45. The lowest BCUT2D eigenvalue weighted by atomic mass is 10.2. The van der Waals surface area contributed by atoms with Crippen LogP contribution in [0.15, 0.2) is 36.5 Å². The van der Waals surface area contributed by atoms with Crippen LogP contribution in [0.25, 0.3) is 16.2 Å². The van der Waals surface area contributed by atoms with E-state index in [1.54, 1.807) is 4.52 Å². The molecule has 0 spiro atoms. The van der Waals surface area contributed by atoms with E-state index >= 15 is 0 Å². The van der Waals surface area contributed by atoms with Crippen molar-refractivity contribution < 1.29 is 9.90 Å². The van der Waals surface area contributed by atoms with E-state index in [0.29, 0.717) is 5.13 Å². The number of carbonyl (C=O) groups is 1. The third-order valence-electron chi connectivity index (χ3n) is 2.50. The minimum absolute atomic E-state index is 0.151. The number of aliphatic carboxylic acids is 1. The zero-order valence-electron chi connectivity index (χ0n) is 9.78. The highest BCUT2D eigenvalue weighted by Crippen LogP contribution is 2.23. The Morgan fingerprint density at radius 1 is 1.37 bits per heavy atom. The summed E-state index contributed by atoms with van der Waals surface area (Å²) in [4.78, 5) is 15.6. The van der Waals surface area contributed by atoms with E-state index in [9.17, 15) is 4.79 Å². The van der Waals surface area contributed by atoms with Crippen molar-refractivity contribution in [3.8, 4) is 11.3 Å². The first-order chi connectivity index (χ1) is 9.22. The summed E-state index contributed by atoms with van der Waals surface area (Å²) < 4.78 is 1.65. The van der Waals surface area contributed by atoms with Crippen LogP contribution in [0.4, 0.5) is 5.13 Å². The smallest absolute Gasteiger partial charge is 0.322 e. The van der Waals surface area contributed by atoms with E-state index in [-0.39, 0.29) is 6.54 Å². The number of nitrogens with zero attached hydrogens (tertiary/aromatic N) is 3. The number of carboxylic acids is 1. The van der Waals surface area contributed by atoms with Gasteiger partial charge in [-0.15, -0.1) is 5.10 Å². The molecule has 96 valence electrons. The zero-order valence-corrected chi connectivity index (χ0v) is 10.6. The number of fused-ring (bicyclic) bond motifs is 1. The Bertz CT molecular complexity index is 688. The van der Waals surface area contributed by atoms with E-state index in [2.05, 4.69) is 15.4 Å². The maximum atomic E-state index is 10.5. The van der Waals surface area contributed by atoms with E-state index < -0.39 is 5.97 Å². The number of benzene rings is 1. The first-order valence-corrected chi connectivity index (χ1v) is 6.41. The molecule has 0 aliphatic carbocycles. The molecule has 19 heavy (non-hydrogen) atoms. The van der Waals surface area contributed by atoms with Gasteiger partial charge in [0.15, 0.2) is 0 Å². The van der Waals surface area contributed by atoms with Gasteiger partial charge in [0.05, 0.1) is 11.9 Å². The van der Waals surface area contributed by atoms with Crippen molar-refractivity contribution in [3.05, 3.63) is 36.5 Å². The van der Waals surface area contributed by atoms with E-state index in [0.717, 1.165) is 16.2 Å². The molecule has 2 N–H and O–H groups in total. The summed E-state index contributed by atoms with van der Waals surface area (Å²) in [6.45, 7) is -0.151. The number of hydrogen-bond donors (Lipinski definition) is 2. The monoisotopic (exact) mass is 274 g/mol. The van der Waals surface area contributed by atoms with Crippen LogP contribution in [0.1, 0.15) is 0 Å². The van der Waals surface area contributed by atoms with Gasteiger partial charge >= 0.3 is 5.97 Å². The van der Waals surface area contributed by atoms with Gasteiger partial charge in [-0.1, -0.05) is 41.7 Å². The molecule has 0 saturated heterocycles. The Morgan fingerprint density at radius 2 is 2.16 bits per heavy atom. The molecule has 0 radical (unpaired) electrons. The molecule has 0 saturated carbocycles. The number of carboxylic acid groups (broad SMARTS) is 1. The second-order valence-corrected chi connectivity index (χ2v) is 4.83. The topological polar surface area (TPSA) is 79.5 Å². The molecule has 2 heterocycles.